The SMILES string of the molecule is COc1cc2nc3c4c(nc5cc(OC)c(OC)cc5c4c2cc1OC)CC(C)(C)C3. The highest BCUT2D eigenvalue weighted by Gasteiger charge is 2.31. The lowest BCUT2D eigenvalue weighted by molar-refractivity contribution is 0.348. The lowest BCUT2D eigenvalue weighted by atomic mass is 9.76. The van der Waals surface area contributed by atoms with E-state index >= 15 is 0 Å². The van der Waals surface area contributed by atoms with Crippen LogP contribution >= 0.6 is 0 Å². The highest BCUT2D eigenvalue weighted by molar-refractivity contribution is 6.20. The third kappa shape index (κ3) is 2.92. The van der Waals surface area contributed by atoms with E-state index in [-0.39, 0.29) is 5.41 Å². The van der Waals surface area contributed by atoms with Crippen LogP contribution in [0.15, 0.2) is 24.3 Å². The summed E-state index contributed by atoms with van der Waals surface area (Å²) >= 11 is 0. The Balaban J connectivity index is 2.02. The minimum atomic E-state index is 0.0778. The molecule has 0 bridgehead atoms. The van der Waals surface area contributed by atoms with Crippen molar-refractivity contribution in [3.8, 4) is 23.0 Å². The first-order valence-electron chi connectivity index (χ1n) is 10.3. The van der Waals surface area contributed by atoms with Gasteiger partial charge in [0.05, 0.1) is 50.9 Å². The van der Waals surface area contributed by atoms with Gasteiger partial charge in [-0.2, -0.15) is 0 Å². The molecule has 1 aliphatic carbocycles. The second-order valence-electron chi connectivity index (χ2n) is 8.83. The molecule has 2 aromatic heterocycles. The summed E-state index contributed by atoms with van der Waals surface area (Å²) in [5, 5.41) is 4.28. The molecule has 6 heteroatoms. The van der Waals surface area contributed by atoms with Crippen molar-refractivity contribution in [3.05, 3.63) is 35.7 Å². The second-order valence-corrected chi connectivity index (χ2v) is 8.83. The molecule has 0 amide bonds. The summed E-state index contributed by atoms with van der Waals surface area (Å²) in [4.78, 5) is 10.1. The highest BCUT2D eigenvalue weighted by Crippen LogP contribution is 2.45. The van der Waals surface area contributed by atoms with E-state index in [0.717, 1.165) is 56.8 Å². The van der Waals surface area contributed by atoms with Gasteiger partial charge in [0.25, 0.3) is 0 Å². The Bertz CT molecular complexity index is 1260. The quantitative estimate of drug-likeness (QED) is 0.430. The van der Waals surface area contributed by atoms with E-state index in [1.807, 2.05) is 24.3 Å². The number of benzene rings is 2. The predicted octanol–water partition coefficient (Wildman–Crippen LogP) is 5.10. The van der Waals surface area contributed by atoms with Crippen LogP contribution in [0.1, 0.15) is 25.2 Å². The Kier molecular flexibility index (Phi) is 4.36. The van der Waals surface area contributed by atoms with Crippen LogP contribution in [-0.4, -0.2) is 38.4 Å². The molecule has 6 nitrogen and oxygen atoms in total. The number of methoxy groups -OCH3 is 4. The third-order valence-corrected chi connectivity index (χ3v) is 6.17. The number of ether oxygens (including phenoxy) is 4. The number of rotatable bonds is 4. The monoisotopic (exact) mass is 418 g/mol. The molecule has 0 unspecified atom stereocenters. The Hall–Kier alpha value is -3.28. The van der Waals surface area contributed by atoms with Crippen molar-refractivity contribution in [3.63, 3.8) is 0 Å². The van der Waals surface area contributed by atoms with Gasteiger partial charge in [0.15, 0.2) is 23.0 Å². The maximum atomic E-state index is 5.61. The van der Waals surface area contributed by atoms with E-state index in [4.69, 9.17) is 28.9 Å². The molecule has 2 aromatic carbocycles. The van der Waals surface area contributed by atoms with Gasteiger partial charge in [0.2, 0.25) is 0 Å². The molecule has 0 saturated carbocycles. The van der Waals surface area contributed by atoms with Crippen LogP contribution in [0.2, 0.25) is 0 Å². The lowest BCUT2D eigenvalue weighted by Gasteiger charge is -2.31. The zero-order valence-corrected chi connectivity index (χ0v) is 18.8. The van der Waals surface area contributed by atoms with Gasteiger partial charge in [-0.1, -0.05) is 13.8 Å². The smallest absolute Gasteiger partial charge is 0.162 e. The van der Waals surface area contributed by atoms with Crippen molar-refractivity contribution in [1.29, 1.82) is 0 Å². The normalized spacial score (nSPS) is 14.8. The molecule has 0 radical (unpaired) electrons. The Labute approximate surface area is 181 Å². The van der Waals surface area contributed by atoms with Gasteiger partial charge in [-0.25, -0.2) is 0 Å². The summed E-state index contributed by atoms with van der Waals surface area (Å²) in [5.74, 6) is 2.69. The molecule has 1 aliphatic rings. The molecule has 0 fully saturated rings. The van der Waals surface area contributed by atoms with Crippen LogP contribution < -0.4 is 18.9 Å². The lowest BCUT2D eigenvalue weighted by Crippen LogP contribution is -2.24. The number of pyridine rings is 2. The number of hydrogen-bond acceptors (Lipinski definition) is 6. The van der Waals surface area contributed by atoms with E-state index in [1.54, 1.807) is 28.4 Å². The molecule has 31 heavy (non-hydrogen) atoms. The van der Waals surface area contributed by atoms with Crippen molar-refractivity contribution in [2.75, 3.05) is 28.4 Å². The van der Waals surface area contributed by atoms with E-state index in [0.29, 0.717) is 23.0 Å². The summed E-state index contributed by atoms with van der Waals surface area (Å²) in [6, 6.07) is 7.94. The maximum absolute atomic E-state index is 5.61. The minimum absolute atomic E-state index is 0.0778. The zero-order valence-electron chi connectivity index (χ0n) is 18.8. The first kappa shape index (κ1) is 19.7. The Morgan fingerprint density at radius 3 is 1.39 bits per heavy atom. The largest absolute Gasteiger partial charge is 0.493 e. The van der Waals surface area contributed by atoms with Gasteiger partial charge in [-0.05, 0) is 30.4 Å². The summed E-state index contributed by atoms with van der Waals surface area (Å²) in [7, 11) is 6.59. The van der Waals surface area contributed by atoms with Crippen LogP contribution in [0.5, 0.6) is 23.0 Å². The molecule has 2 heterocycles. The maximum Gasteiger partial charge on any atom is 0.162 e. The Morgan fingerprint density at radius 2 is 1.00 bits per heavy atom. The van der Waals surface area contributed by atoms with Crippen molar-refractivity contribution < 1.29 is 18.9 Å². The van der Waals surface area contributed by atoms with Crippen molar-refractivity contribution in [1.82, 2.24) is 9.97 Å². The van der Waals surface area contributed by atoms with Crippen LogP contribution in [0.3, 0.4) is 0 Å². The first-order chi connectivity index (χ1) is 14.9. The van der Waals surface area contributed by atoms with Crippen LogP contribution in [0.25, 0.3) is 32.6 Å². The van der Waals surface area contributed by atoms with Gasteiger partial charge < -0.3 is 18.9 Å². The fourth-order valence-corrected chi connectivity index (χ4v) is 4.82. The molecule has 0 N–H and O–H groups in total. The first-order valence-corrected chi connectivity index (χ1v) is 10.3. The third-order valence-electron chi connectivity index (χ3n) is 6.17. The topological polar surface area (TPSA) is 62.7 Å². The van der Waals surface area contributed by atoms with Crippen molar-refractivity contribution in [2.45, 2.75) is 26.7 Å². The van der Waals surface area contributed by atoms with Gasteiger partial charge in [-0.15, -0.1) is 0 Å². The minimum Gasteiger partial charge on any atom is -0.493 e. The average Bonchev–Trinajstić information content (AvgIpc) is 2.75. The number of nitrogens with zero attached hydrogens (tertiary/aromatic N) is 2. The molecule has 5 rings (SSSR count). The number of aromatic nitrogens is 2. The summed E-state index contributed by atoms with van der Waals surface area (Å²) < 4.78 is 22.3. The molecule has 0 atom stereocenters. The Morgan fingerprint density at radius 1 is 0.613 bits per heavy atom. The van der Waals surface area contributed by atoms with Crippen LogP contribution in [-0.2, 0) is 12.8 Å². The fraction of sp³-hybridized carbons (Fsp3) is 0.360. The van der Waals surface area contributed by atoms with Gasteiger partial charge in [0, 0.05) is 33.7 Å². The molecular formula is C25H26N2O4. The predicted molar refractivity (Wildman–Crippen MR) is 122 cm³/mol. The summed E-state index contributed by atoms with van der Waals surface area (Å²) in [5.41, 5.74) is 3.99. The molecule has 0 saturated heterocycles. The second kappa shape index (κ2) is 6.87. The van der Waals surface area contributed by atoms with Crippen LogP contribution in [0.4, 0.5) is 0 Å². The molecule has 0 aliphatic heterocycles. The van der Waals surface area contributed by atoms with E-state index in [9.17, 15) is 0 Å². The summed E-state index contributed by atoms with van der Waals surface area (Å²) in [6.07, 6.45) is 1.78. The number of fused-ring (bicyclic) bond motifs is 4. The number of hydrogen-bond donors (Lipinski definition) is 0. The molecular weight excluding hydrogens is 392 g/mol. The van der Waals surface area contributed by atoms with Crippen LogP contribution in [0, 0.1) is 5.41 Å². The molecule has 4 aromatic rings. The summed E-state index contributed by atoms with van der Waals surface area (Å²) in [6.45, 7) is 4.53. The fourth-order valence-electron chi connectivity index (χ4n) is 4.82. The van der Waals surface area contributed by atoms with Crippen molar-refractivity contribution >= 4 is 32.6 Å². The standard InChI is InChI=1S/C25H26N2O4/c1-25(2)11-17-24-18(12-25)27-16-10-22(31-6)20(29-4)8-14(16)23(24)13-7-19(28-3)21(30-5)9-15(13)26-17/h7-10H,11-12H2,1-6H3. The molecule has 0 spiro atoms. The highest BCUT2D eigenvalue weighted by atomic mass is 16.5. The average molecular weight is 418 g/mol. The van der Waals surface area contributed by atoms with E-state index < -0.39 is 0 Å². The molecule has 160 valence electrons. The van der Waals surface area contributed by atoms with E-state index in [1.165, 1.54) is 0 Å². The van der Waals surface area contributed by atoms with Gasteiger partial charge in [0.1, 0.15) is 0 Å². The van der Waals surface area contributed by atoms with Crippen molar-refractivity contribution in [2.24, 2.45) is 5.41 Å². The van der Waals surface area contributed by atoms with E-state index in [2.05, 4.69) is 13.8 Å². The van der Waals surface area contributed by atoms with Gasteiger partial charge in [-0.3, -0.25) is 9.97 Å². The zero-order chi connectivity index (χ0) is 21.9. The van der Waals surface area contributed by atoms with Gasteiger partial charge >= 0.3 is 0 Å².